The van der Waals surface area contributed by atoms with E-state index in [0.717, 1.165) is 10.2 Å². The summed E-state index contributed by atoms with van der Waals surface area (Å²) in [6, 6.07) is 3.97. The summed E-state index contributed by atoms with van der Waals surface area (Å²) in [6.45, 7) is 2.15. The molecule has 4 nitrogen and oxygen atoms in total. The molecule has 0 aliphatic rings. The lowest BCUT2D eigenvalue weighted by Crippen LogP contribution is -2.31. The molecule has 94 valence electrons. The Hall–Kier alpha value is -0.880. The number of hydrogen-bond acceptors (Lipinski definition) is 3. The molecule has 0 saturated heterocycles. The van der Waals surface area contributed by atoms with Gasteiger partial charge in [0.1, 0.15) is 0 Å². The lowest BCUT2D eigenvalue weighted by molar-refractivity contribution is -0.140. The number of carboxylic acid groups (broad SMARTS) is 1. The number of carbonyl (C=O) groups is 2. The Bertz CT molecular complexity index is 405. The lowest BCUT2D eigenvalue weighted by atomic mass is 10.1. The highest BCUT2D eigenvalue weighted by Crippen LogP contribution is 2.22. The van der Waals surface area contributed by atoms with Crippen LogP contribution >= 0.6 is 27.3 Å². The van der Waals surface area contributed by atoms with Crippen molar-refractivity contribution in [3.05, 3.63) is 20.8 Å². The van der Waals surface area contributed by atoms with E-state index in [2.05, 4.69) is 21.2 Å². The fourth-order valence-corrected chi connectivity index (χ4v) is 2.81. The molecular weight excluding hydrogens is 306 g/mol. The van der Waals surface area contributed by atoms with Crippen molar-refractivity contribution in [3.8, 4) is 0 Å². The Morgan fingerprint density at radius 1 is 1.53 bits per heavy atom. The Labute approximate surface area is 112 Å². The first-order valence-corrected chi connectivity index (χ1v) is 6.83. The molecule has 0 bridgehead atoms. The van der Waals surface area contributed by atoms with E-state index in [1.165, 1.54) is 4.88 Å². The first-order chi connectivity index (χ1) is 7.99. The van der Waals surface area contributed by atoms with Crippen molar-refractivity contribution < 1.29 is 14.7 Å². The van der Waals surface area contributed by atoms with E-state index in [1.54, 1.807) is 18.3 Å². The van der Waals surface area contributed by atoms with E-state index in [-0.39, 0.29) is 12.3 Å². The van der Waals surface area contributed by atoms with Crippen LogP contribution in [-0.2, 0) is 16.0 Å². The largest absolute Gasteiger partial charge is 0.481 e. The van der Waals surface area contributed by atoms with Gasteiger partial charge in [0.25, 0.3) is 0 Å². The van der Waals surface area contributed by atoms with Crippen LogP contribution in [0.5, 0.6) is 0 Å². The topological polar surface area (TPSA) is 66.4 Å². The van der Waals surface area contributed by atoms with Crippen LogP contribution in [-0.4, -0.2) is 23.5 Å². The van der Waals surface area contributed by atoms with Crippen LogP contribution in [0.1, 0.15) is 18.2 Å². The van der Waals surface area contributed by atoms with Gasteiger partial charge in [-0.1, -0.05) is 6.92 Å². The van der Waals surface area contributed by atoms with Crippen LogP contribution in [0.15, 0.2) is 15.9 Å². The van der Waals surface area contributed by atoms with Crippen molar-refractivity contribution in [1.82, 2.24) is 5.32 Å². The molecule has 0 saturated carbocycles. The van der Waals surface area contributed by atoms with E-state index in [1.807, 2.05) is 12.1 Å². The second-order valence-electron chi connectivity index (χ2n) is 3.75. The van der Waals surface area contributed by atoms with Gasteiger partial charge < -0.3 is 10.4 Å². The summed E-state index contributed by atoms with van der Waals surface area (Å²) in [7, 11) is 0. The second-order valence-corrected chi connectivity index (χ2v) is 6.29. The normalized spacial score (nSPS) is 12.1. The smallest absolute Gasteiger partial charge is 0.304 e. The van der Waals surface area contributed by atoms with Gasteiger partial charge in [0.05, 0.1) is 10.2 Å². The number of rotatable bonds is 6. The molecule has 0 spiro atoms. The van der Waals surface area contributed by atoms with Crippen LogP contribution < -0.4 is 5.32 Å². The SMILES string of the molecule is CC(CC(=O)O)C(=O)NCCc1ccc(Br)s1. The van der Waals surface area contributed by atoms with E-state index < -0.39 is 11.9 Å². The minimum Gasteiger partial charge on any atom is -0.481 e. The number of nitrogens with one attached hydrogen (secondary N) is 1. The first kappa shape index (κ1) is 14.2. The van der Waals surface area contributed by atoms with E-state index in [4.69, 9.17) is 5.11 Å². The molecule has 17 heavy (non-hydrogen) atoms. The summed E-state index contributed by atoms with van der Waals surface area (Å²) in [6.07, 6.45) is 0.637. The van der Waals surface area contributed by atoms with Crippen molar-refractivity contribution in [2.75, 3.05) is 6.54 Å². The van der Waals surface area contributed by atoms with Gasteiger partial charge in [0.2, 0.25) is 5.91 Å². The molecule has 0 aromatic carbocycles. The third-order valence-corrected chi connectivity index (χ3v) is 3.91. The van der Waals surface area contributed by atoms with Gasteiger partial charge in [-0.05, 0) is 34.5 Å². The number of carboxylic acids is 1. The van der Waals surface area contributed by atoms with Gasteiger partial charge in [0, 0.05) is 17.3 Å². The number of hydrogen-bond donors (Lipinski definition) is 2. The van der Waals surface area contributed by atoms with E-state index >= 15 is 0 Å². The maximum atomic E-state index is 11.5. The summed E-state index contributed by atoms with van der Waals surface area (Å²) >= 11 is 5.00. The number of thiophene rings is 1. The molecule has 1 heterocycles. The Kier molecular flexibility index (Phi) is 5.64. The third-order valence-electron chi connectivity index (χ3n) is 2.23. The third kappa shape index (κ3) is 5.32. The lowest BCUT2D eigenvalue weighted by Gasteiger charge is -2.09. The molecular formula is C11H14BrNO3S. The van der Waals surface area contributed by atoms with Crippen LogP contribution in [0.25, 0.3) is 0 Å². The van der Waals surface area contributed by atoms with E-state index in [9.17, 15) is 9.59 Å². The molecule has 0 aliphatic carbocycles. The summed E-state index contributed by atoms with van der Waals surface area (Å²) in [5, 5.41) is 11.3. The van der Waals surface area contributed by atoms with Crippen LogP contribution in [0, 0.1) is 5.92 Å². The average Bonchev–Trinajstić information content (AvgIpc) is 2.63. The Morgan fingerprint density at radius 2 is 2.24 bits per heavy atom. The molecule has 1 rings (SSSR count). The molecule has 6 heteroatoms. The number of carbonyl (C=O) groups excluding carboxylic acids is 1. The fraction of sp³-hybridized carbons (Fsp3) is 0.455. The predicted octanol–water partition coefficient (Wildman–Crippen LogP) is 2.28. The van der Waals surface area contributed by atoms with Gasteiger partial charge in [-0.15, -0.1) is 11.3 Å². The monoisotopic (exact) mass is 319 g/mol. The van der Waals surface area contributed by atoms with Crippen molar-refractivity contribution in [2.45, 2.75) is 19.8 Å². The zero-order valence-electron chi connectivity index (χ0n) is 9.40. The number of amides is 1. The van der Waals surface area contributed by atoms with Crippen molar-refractivity contribution in [1.29, 1.82) is 0 Å². The number of halogens is 1. The van der Waals surface area contributed by atoms with Gasteiger partial charge in [0.15, 0.2) is 0 Å². The highest BCUT2D eigenvalue weighted by molar-refractivity contribution is 9.11. The highest BCUT2D eigenvalue weighted by atomic mass is 79.9. The minimum atomic E-state index is -0.949. The fourth-order valence-electron chi connectivity index (χ4n) is 1.32. The standard InChI is InChI=1S/C11H14BrNO3S/c1-7(6-10(14)15)11(16)13-5-4-8-2-3-9(12)17-8/h2-3,7H,4-6H2,1H3,(H,13,16)(H,14,15). The molecule has 2 N–H and O–H groups in total. The molecule has 1 atom stereocenters. The minimum absolute atomic E-state index is 0.129. The summed E-state index contributed by atoms with van der Waals surface area (Å²) in [5.41, 5.74) is 0. The van der Waals surface area contributed by atoms with Gasteiger partial charge in [-0.3, -0.25) is 9.59 Å². The molecule has 1 aromatic heterocycles. The summed E-state index contributed by atoms with van der Waals surface area (Å²) in [4.78, 5) is 23.1. The summed E-state index contributed by atoms with van der Waals surface area (Å²) < 4.78 is 1.07. The average molecular weight is 320 g/mol. The van der Waals surface area contributed by atoms with E-state index in [0.29, 0.717) is 6.54 Å². The molecule has 1 aromatic rings. The van der Waals surface area contributed by atoms with Gasteiger partial charge in [-0.2, -0.15) is 0 Å². The van der Waals surface area contributed by atoms with Crippen molar-refractivity contribution in [2.24, 2.45) is 5.92 Å². The van der Waals surface area contributed by atoms with Gasteiger partial charge in [-0.25, -0.2) is 0 Å². The maximum absolute atomic E-state index is 11.5. The molecule has 0 aliphatic heterocycles. The van der Waals surface area contributed by atoms with Gasteiger partial charge >= 0.3 is 5.97 Å². The maximum Gasteiger partial charge on any atom is 0.304 e. The zero-order chi connectivity index (χ0) is 12.8. The molecule has 0 radical (unpaired) electrons. The second kappa shape index (κ2) is 6.76. The highest BCUT2D eigenvalue weighted by Gasteiger charge is 2.15. The van der Waals surface area contributed by atoms with Crippen LogP contribution in [0.3, 0.4) is 0 Å². The van der Waals surface area contributed by atoms with Crippen LogP contribution in [0.2, 0.25) is 0 Å². The zero-order valence-corrected chi connectivity index (χ0v) is 11.8. The first-order valence-electron chi connectivity index (χ1n) is 5.22. The molecule has 0 fully saturated rings. The quantitative estimate of drug-likeness (QED) is 0.845. The predicted molar refractivity (Wildman–Crippen MR) is 70.1 cm³/mol. The molecule has 1 unspecified atom stereocenters. The van der Waals surface area contributed by atoms with Crippen molar-refractivity contribution >= 4 is 39.1 Å². The Balaban J connectivity index is 2.26. The van der Waals surface area contributed by atoms with Crippen molar-refractivity contribution in [3.63, 3.8) is 0 Å². The Morgan fingerprint density at radius 3 is 2.76 bits per heavy atom. The summed E-state index contributed by atoms with van der Waals surface area (Å²) in [5.74, 6) is -1.64. The van der Waals surface area contributed by atoms with Crippen LogP contribution in [0.4, 0.5) is 0 Å². The number of aliphatic carboxylic acids is 1. The molecule has 1 amide bonds.